The number of halogens is 2. The number of likely N-dealkylation sites (tertiary alicyclic amines) is 1. The number of thiazole rings is 2. The van der Waals surface area contributed by atoms with Crippen LogP contribution in [-0.4, -0.2) is 51.9 Å². The van der Waals surface area contributed by atoms with Crippen molar-refractivity contribution in [2.75, 3.05) is 13.1 Å². The van der Waals surface area contributed by atoms with Gasteiger partial charge >= 0.3 is 6.09 Å². The maximum absolute atomic E-state index is 14.4. The summed E-state index contributed by atoms with van der Waals surface area (Å²) in [5, 5.41) is 3.48. The molecule has 2 amide bonds. The lowest BCUT2D eigenvalue weighted by molar-refractivity contribution is -0.00608. The third-order valence-corrected chi connectivity index (χ3v) is 9.36. The van der Waals surface area contributed by atoms with Crippen LogP contribution >= 0.6 is 22.7 Å². The number of carbonyl (C=O) groups excluding carboxylic acids is 2. The highest BCUT2D eigenvalue weighted by molar-refractivity contribution is 7.17. The molecule has 2 fully saturated rings. The van der Waals surface area contributed by atoms with Crippen molar-refractivity contribution in [3.63, 3.8) is 0 Å². The minimum atomic E-state index is -2.78. The average molecular weight is 569 g/mol. The Hall–Kier alpha value is -3.44. The Kier molecular flexibility index (Phi) is 6.58. The van der Waals surface area contributed by atoms with Gasteiger partial charge in [0.2, 0.25) is 5.92 Å². The highest BCUT2D eigenvalue weighted by Crippen LogP contribution is 2.50. The van der Waals surface area contributed by atoms with Gasteiger partial charge < -0.3 is 15.0 Å². The molecule has 1 aliphatic heterocycles. The van der Waals surface area contributed by atoms with Gasteiger partial charge in [-0.3, -0.25) is 4.79 Å². The number of fused-ring (bicyclic) bond motifs is 2. The maximum Gasteiger partial charge on any atom is 0.412 e. The molecule has 3 atom stereocenters. The van der Waals surface area contributed by atoms with E-state index in [1.807, 2.05) is 44.2 Å². The van der Waals surface area contributed by atoms with Crippen LogP contribution in [0.3, 0.4) is 0 Å². The number of alkyl halides is 2. The van der Waals surface area contributed by atoms with E-state index in [9.17, 15) is 18.4 Å². The van der Waals surface area contributed by atoms with Gasteiger partial charge in [-0.1, -0.05) is 35.9 Å². The number of benzene rings is 2. The number of amides is 2. The van der Waals surface area contributed by atoms with E-state index in [2.05, 4.69) is 15.3 Å². The van der Waals surface area contributed by atoms with Crippen molar-refractivity contribution in [1.29, 1.82) is 0 Å². The lowest BCUT2D eigenvalue weighted by Crippen LogP contribution is -2.47. The molecule has 0 spiro atoms. The largest absolute Gasteiger partial charge is 0.412 e. The van der Waals surface area contributed by atoms with Crippen molar-refractivity contribution in [2.24, 2.45) is 11.8 Å². The standard InChI is InChI=1S/C28H26F2N4O3S2/c1-15-5-3-6-17(9-15)24-23(33-16(2)39-24)26(35)34-13-18-10-28(29,30)11-19(18)21(34)12-31-27(36)37-22-8-4-7-20-25(22)38-14-32-20/h3-9,14,18-19,21H,10-13H2,1-2H3,(H,31,36)/t18-,19-,21+/m0/s1. The Bertz CT molecular complexity index is 1570. The number of nitrogens with zero attached hydrogens (tertiary/aromatic N) is 3. The second-order valence-corrected chi connectivity index (χ2v) is 12.3. The molecule has 0 unspecified atom stereocenters. The minimum absolute atomic E-state index is 0.00336. The van der Waals surface area contributed by atoms with Gasteiger partial charge in [0, 0.05) is 25.9 Å². The second-order valence-electron chi connectivity index (χ2n) is 10.2. The number of ether oxygens (including phenoxy) is 1. The third kappa shape index (κ3) is 5.00. The van der Waals surface area contributed by atoms with Gasteiger partial charge in [0.1, 0.15) is 5.69 Å². The summed E-state index contributed by atoms with van der Waals surface area (Å²) < 4.78 is 35.0. The summed E-state index contributed by atoms with van der Waals surface area (Å²) in [6.07, 6.45) is -1.29. The normalized spacial score (nSPS) is 21.7. The Morgan fingerprint density at radius 1 is 1.18 bits per heavy atom. The highest BCUT2D eigenvalue weighted by atomic mass is 32.1. The van der Waals surface area contributed by atoms with Gasteiger partial charge in [0.05, 0.1) is 31.7 Å². The lowest BCUT2D eigenvalue weighted by Gasteiger charge is -2.28. The van der Waals surface area contributed by atoms with Crippen LogP contribution in [0.1, 0.15) is 33.9 Å². The Balaban J connectivity index is 1.24. The first-order valence-corrected chi connectivity index (χ1v) is 14.4. The predicted octanol–water partition coefficient (Wildman–Crippen LogP) is 6.31. The summed E-state index contributed by atoms with van der Waals surface area (Å²) in [6.45, 7) is 4.03. The van der Waals surface area contributed by atoms with Crippen molar-refractivity contribution < 1.29 is 23.1 Å². The van der Waals surface area contributed by atoms with Gasteiger partial charge in [-0.05, 0) is 43.4 Å². The molecule has 7 nitrogen and oxygen atoms in total. The van der Waals surface area contributed by atoms with Crippen molar-refractivity contribution in [1.82, 2.24) is 20.2 Å². The van der Waals surface area contributed by atoms with E-state index in [-0.39, 0.29) is 37.8 Å². The molecular formula is C28H26F2N4O3S2. The molecule has 6 rings (SSSR count). The minimum Gasteiger partial charge on any atom is -0.409 e. The summed E-state index contributed by atoms with van der Waals surface area (Å²) in [7, 11) is 0. The van der Waals surface area contributed by atoms with Crippen LogP contribution in [-0.2, 0) is 0 Å². The zero-order valence-electron chi connectivity index (χ0n) is 21.3. The van der Waals surface area contributed by atoms with Crippen LogP contribution in [0.25, 0.3) is 20.7 Å². The van der Waals surface area contributed by atoms with Gasteiger partial charge in [-0.2, -0.15) is 0 Å². The van der Waals surface area contributed by atoms with Gasteiger partial charge in [0.15, 0.2) is 5.75 Å². The number of aryl methyl sites for hydroxylation is 2. The number of rotatable bonds is 5. The zero-order chi connectivity index (χ0) is 27.3. The molecule has 39 heavy (non-hydrogen) atoms. The molecule has 2 aromatic heterocycles. The Morgan fingerprint density at radius 2 is 2.00 bits per heavy atom. The van der Waals surface area contributed by atoms with E-state index in [0.717, 1.165) is 31.2 Å². The fourth-order valence-electron chi connectivity index (χ4n) is 5.85. The number of aromatic nitrogens is 2. The zero-order valence-corrected chi connectivity index (χ0v) is 23.0. The molecular weight excluding hydrogens is 542 g/mol. The fourth-order valence-corrected chi connectivity index (χ4v) is 7.49. The van der Waals surface area contributed by atoms with Crippen LogP contribution in [0, 0.1) is 25.7 Å². The van der Waals surface area contributed by atoms with Crippen LogP contribution < -0.4 is 10.1 Å². The average Bonchev–Trinajstić information content (AvgIpc) is 3.65. The van der Waals surface area contributed by atoms with Crippen LogP contribution in [0.15, 0.2) is 48.0 Å². The molecule has 0 bridgehead atoms. The quantitative estimate of drug-likeness (QED) is 0.305. The molecule has 11 heteroatoms. The first-order chi connectivity index (χ1) is 18.7. The molecule has 0 radical (unpaired) electrons. The Labute approximate surface area is 231 Å². The molecule has 4 aromatic rings. The van der Waals surface area contributed by atoms with E-state index in [1.165, 1.54) is 22.7 Å². The third-order valence-electron chi connectivity index (χ3n) is 7.48. The first-order valence-electron chi connectivity index (χ1n) is 12.7. The summed E-state index contributed by atoms with van der Waals surface area (Å²) in [6, 6.07) is 12.5. The van der Waals surface area contributed by atoms with E-state index in [4.69, 9.17) is 4.74 Å². The molecule has 2 aromatic carbocycles. The van der Waals surface area contributed by atoms with Crippen molar-refractivity contribution >= 4 is 44.9 Å². The van der Waals surface area contributed by atoms with E-state index < -0.39 is 24.0 Å². The molecule has 1 saturated heterocycles. The van der Waals surface area contributed by atoms with Crippen LogP contribution in [0.4, 0.5) is 13.6 Å². The number of hydrogen-bond donors (Lipinski definition) is 1. The SMILES string of the molecule is Cc1cccc(-c2sc(C)nc2C(=O)N2C[C@@H]3CC(F)(F)C[C@@H]3[C@H]2CNC(=O)Oc2cccc3ncsc23)c1. The van der Waals surface area contributed by atoms with Crippen molar-refractivity contribution in [3.05, 3.63) is 64.2 Å². The van der Waals surface area contributed by atoms with Gasteiger partial charge in [0.25, 0.3) is 5.91 Å². The maximum atomic E-state index is 14.4. The summed E-state index contributed by atoms with van der Waals surface area (Å²) >= 11 is 2.79. The van der Waals surface area contributed by atoms with Crippen LogP contribution in [0.2, 0.25) is 0 Å². The second kappa shape index (κ2) is 9.95. The fraction of sp³-hybridized carbons (Fsp3) is 0.357. The van der Waals surface area contributed by atoms with Gasteiger partial charge in [-0.25, -0.2) is 23.5 Å². The number of nitrogens with one attached hydrogen (secondary N) is 1. The van der Waals surface area contributed by atoms with E-state index in [1.54, 1.807) is 22.5 Å². The monoisotopic (exact) mass is 568 g/mol. The molecule has 2 aliphatic rings. The lowest BCUT2D eigenvalue weighted by atomic mass is 9.94. The topological polar surface area (TPSA) is 84.4 Å². The van der Waals surface area contributed by atoms with Crippen molar-refractivity contribution in [3.8, 4) is 16.2 Å². The number of carbonyl (C=O) groups is 2. The molecule has 202 valence electrons. The smallest absolute Gasteiger partial charge is 0.409 e. The van der Waals surface area contributed by atoms with E-state index in [0.29, 0.717) is 11.4 Å². The molecule has 3 heterocycles. The summed E-state index contributed by atoms with van der Waals surface area (Å²) in [5.41, 5.74) is 4.66. The van der Waals surface area contributed by atoms with Crippen molar-refractivity contribution in [2.45, 2.75) is 38.7 Å². The van der Waals surface area contributed by atoms with E-state index >= 15 is 0 Å². The van der Waals surface area contributed by atoms with Gasteiger partial charge in [-0.15, -0.1) is 22.7 Å². The number of hydrogen-bond acceptors (Lipinski definition) is 7. The first kappa shape index (κ1) is 25.8. The molecule has 1 saturated carbocycles. The predicted molar refractivity (Wildman–Crippen MR) is 147 cm³/mol. The summed E-state index contributed by atoms with van der Waals surface area (Å²) in [4.78, 5) is 37.9. The highest BCUT2D eigenvalue weighted by Gasteiger charge is 2.56. The molecule has 1 N–H and O–H groups in total. The Morgan fingerprint density at radius 3 is 2.82 bits per heavy atom. The van der Waals surface area contributed by atoms with Crippen LogP contribution in [0.5, 0.6) is 5.75 Å². The molecule has 1 aliphatic carbocycles. The summed E-state index contributed by atoms with van der Waals surface area (Å²) in [5.74, 6) is -3.49.